The molecular weight excluding hydrogens is 358 g/mol. The van der Waals surface area contributed by atoms with Crippen molar-refractivity contribution in [1.82, 2.24) is 18.7 Å². The van der Waals surface area contributed by atoms with Gasteiger partial charge in [0.1, 0.15) is 5.65 Å². The van der Waals surface area contributed by atoms with Crippen molar-refractivity contribution < 1.29 is 4.79 Å². The molecule has 0 radical (unpaired) electrons. The third-order valence-electron chi connectivity index (χ3n) is 4.84. The summed E-state index contributed by atoms with van der Waals surface area (Å²) in [5, 5.41) is 4.18. The van der Waals surface area contributed by atoms with Gasteiger partial charge in [0.25, 0.3) is 5.56 Å². The van der Waals surface area contributed by atoms with E-state index in [1.165, 1.54) is 17.8 Å². The Bertz CT molecular complexity index is 1330. The summed E-state index contributed by atoms with van der Waals surface area (Å²) in [6.07, 6.45) is 3.69. The zero-order valence-corrected chi connectivity index (χ0v) is 15.5. The van der Waals surface area contributed by atoms with E-state index < -0.39 is 11.2 Å². The summed E-state index contributed by atoms with van der Waals surface area (Å²) < 4.78 is 4.35. The van der Waals surface area contributed by atoms with E-state index in [1.54, 1.807) is 13.1 Å². The van der Waals surface area contributed by atoms with E-state index in [-0.39, 0.29) is 23.4 Å². The number of nitrogens with one attached hydrogen (secondary N) is 1. The number of carbonyl (C=O) groups is 1. The van der Waals surface area contributed by atoms with Crippen molar-refractivity contribution >= 4 is 33.5 Å². The standard InChI is InChI=1S/C20H19N5O3/c1-23-18-15(19(27)24(2)20(23)28)11-14(12-21-18)22-17(26)8-10-25-9-7-13-5-3-4-6-16(13)25/h3-7,9,11-12H,8,10H2,1-2H3,(H,22,26). The first kappa shape index (κ1) is 17.7. The topological polar surface area (TPSA) is 90.9 Å². The minimum atomic E-state index is -0.444. The number of benzene rings is 1. The average molecular weight is 377 g/mol. The summed E-state index contributed by atoms with van der Waals surface area (Å²) in [5.74, 6) is -0.180. The van der Waals surface area contributed by atoms with Gasteiger partial charge in [0, 0.05) is 38.8 Å². The number of amides is 1. The monoisotopic (exact) mass is 377 g/mol. The molecule has 0 saturated carbocycles. The van der Waals surface area contributed by atoms with E-state index in [1.807, 2.05) is 41.1 Å². The molecule has 0 atom stereocenters. The van der Waals surface area contributed by atoms with E-state index in [2.05, 4.69) is 10.3 Å². The number of carbonyl (C=O) groups excluding carboxylic acids is 1. The molecule has 4 aromatic rings. The summed E-state index contributed by atoms with van der Waals surface area (Å²) in [5.41, 5.74) is 0.892. The summed E-state index contributed by atoms with van der Waals surface area (Å²) in [6.45, 7) is 0.538. The molecule has 0 aliphatic rings. The maximum absolute atomic E-state index is 12.4. The number of pyridine rings is 1. The molecule has 0 aliphatic heterocycles. The lowest BCUT2D eigenvalue weighted by atomic mass is 10.2. The minimum absolute atomic E-state index is 0.180. The van der Waals surface area contributed by atoms with Crippen molar-refractivity contribution in [1.29, 1.82) is 0 Å². The fraction of sp³-hybridized carbons (Fsp3) is 0.200. The van der Waals surface area contributed by atoms with Crippen LogP contribution in [0, 0.1) is 0 Å². The highest BCUT2D eigenvalue weighted by atomic mass is 16.2. The zero-order valence-electron chi connectivity index (χ0n) is 15.5. The van der Waals surface area contributed by atoms with Crippen molar-refractivity contribution in [3.05, 3.63) is 69.6 Å². The van der Waals surface area contributed by atoms with E-state index in [0.717, 1.165) is 15.5 Å². The van der Waals surface area contributed by atoms with Crippen LogP contribution in [0.2, 0.25) is 0 Å². The first-order valence-electron chi connectivity index (χ1n) is 8.85. The van der Waals surface area contributed by atoms with Crippen LogP contribution >= 0.6 is 0 Å². The molecule has 0 bridgehead atoms. The maximum Gasteiger partial charge on any atom is 0.332 e. The Balaban J connectivity index is 1.54. The normalized spacial score (nSPS) is 11.2. The molecule has 28 heavy (non-hydrogen) atoms. The fourth-order valence-electron chi connectivity index (χ4n) is 3.31. The molecule has 0 saturated heterocycles. The van der Waals surface area contributed by atoms with Gasteiger partial charge >= 0.3 is 5.69 Å². The van der Waals surface area contributed by atoms with Gasteiger partial charge in [-0.15, -0.1) is 0 Å². The third-order valence-corrected chi connectivity index (χ3v) is 4.84. The van der Waals surface area contributed by atoms with E-state index in [4.69, 9.17) is 0 Å². The molecule has 0 unspecified atom stereocenters. The number of hydrogen-bond acceptors (Lipinski definition) is 4. The summed E-state index contributed by atoms with van der Waals surface area (Å²) in [7, 11) is 2.97. The molecule has 4 rings (SSSR count). The maximum atomic E-state index is 12.4. The highest BCUT2D eigenvalue weighted by molar-refractivity contribution is 5.92. The minimum Gasteiger partial charge on any atom is -0.347 e. The summed E-state index contributed by atoms with van der Waals surface area (Å²) in [6, 6.07) is 11.5. The second-order valence-corrected chi connectivity index (χ2v) is 6.67. The Labute approximate surface area is 159 Å². The van der Waals surface area contributed by atoms with Crippen LogP contribution in [0.1, 0.15) is 6.42 Å². The van der Waals surface area contributed by atoms with Gasteiger partial charge in [-0.25, -0.2) is 9.78 Å². The van der Waals surface area contributed by atoms with Gasteiger partial charge < -0.3 is 9.88 Å². The average Bonchev–Trinajstić information content (AvgIpc) is 3.12. The lowest BCUT2D eigenvalue weighted by molar-refractivity contribution is -0.116. The lowest BCUT2D eigenvalue weighted by Gasteiger charge is -2.10. The van der Waals surface area contributed by atoms with Crippen molar-refractivity contribution in [2.24, 2.45) is 14.1 Å². The van der Waals surface area contributed by atoms with E-state index in [0.29, 0.717) is 12.2 Å². The van der Waals surface area contributed by atoms with Gasteiger partial charge in [0.15, 0.2) is 0 Å². The van der Waals surface area contributed by atoms with Crippen LogP contribution in [0.3, 0.4) is 0 Å². The Morgan fingerprint density at radius 1 is 1.11 bits per heavy atom. The van der Waals surface area contributed by atoms with Crippen LogP contribution in [0.25, 0.3) is 21.9 Å². The number of fused-ring (bicyclic) bond motifs is 2. The first-order valence-corrected chi connectivity index (χ1v) is 8.85. The number of anilines is 1. The molecule has 0 spiro atoms. The predicted molar refractivity (Wildman–Crippen MR) is 107 cm³/mol. The molecule has 8 heteroatoms. The molecule has 1 amide bonds. The number of hydrogen-bond donors (Lipinski definition) is 1. The molecule has 3 aromatic heterocycles. The summed E-state index contributed by atoms with van der Waals surface area (Å²) in [4.78, 5) is 40.8. The second kappa shape index (κ2) is 6.80. The molecule has 1 aromatic carbocycles. The highest BCUT2D eigenvalue weighted by Crippen LogP contribution is 2.16. The highest BCUT2D eigenvalue weighted by Gasteiger charge is 2.11. The Hall–Kier alpha value is -3.68. The molecule has 0 fully saturated rings. The predicted octanol–water partition coefficient (Wildman–Crippen LogP) is 1.62. The Morgan fingerprint density at radius 2 is 1.89 bits per heavy atom. The Kier molecular flexibility index (Phi) is 4.31. The molecular formula is C20H19N5O3. The molecule has 3 heterocycles. The SMILES string of the molecule is Cn1c(=O)c2cc(NC(=O)CCn3ccc4ccccc43)cnc2n(C)c1=O. The quantitative estimate of drug-likeness (QED) is 0.585. The van der Waals surface area contributed by atoms with Crippen LogP contribution in [-0.4, -0.2) is 24.6 Å². The van der Waals surface area contributed by atoms with Crippen molar-refractivity contribution in [2.45, 2.75) is 13.0 Å². The van der Waals surface area contributed by atoms with Gasteiger partial charge in [-0.2, -0.15) is 0 Å². The van der Waals surface area contributed by atoms with E-state index >= 15 is 0 Å². The first-order chi connectivity index (χ1) is 13.5. The van der Waals surface area contributed by atoms with Crippen LogP contribution < -0.4 is 16.6 Å². The Morgan fingerprint density at radius 3 is 2.71 bits per heavy atom. The van der Waals surface area contributed by atoms with Gasteiger partial charge in [-0.05, 0) is 23.6 Å². The number of rotatable bonds is 4. The second-order valence-electron chi connectivity index (χ2n) is 6.67. The van der Waals surface area contributed by atoms with Crippen LogP contribution in [0.4, 0.5) is 5.69 Å². The van der Waals surface area contributed by atoms with Crippen molar-refractivity contribution in [3.8, 4) is 0 Å². The molecule has 0 aliphatic carbocycles. The smallest absolute Gasteiger partial charge is 0.332 e. The van der Waals surface area contributed by atoms with E-state index in [9.17, 15) is 14.4 Å². The van der Waals surface area contributed by atoms with Crippen molar-refractivity contribution in [3.63, 3.8) is 0 Å². The third kappa shape index (κ3) is 2.98. The summed E-state index contributed by atoms with van der Waals surface area (Å²) >= 11 is 0. The number of aromatic nitrogens is 4. The number of aryl methyl sites for hydroxylation is 2. The van der Waals surface area contributed by atoms with Crippen LogP contribution in [0.5, 0.6) is 0 Å². The van der Waals surface area contributed by atoms with Crippen LogP contribution in [0.15, 0.2) is 58.4 Å². The lowest BCUT2D eigenvalue weighted by Crippen LogP contribution is -2.37. The van der Waals surface area contributed by atoms with Gasteiger partial charge in [-0.3, -0.25) is 18.7 Å². The number of nitrogens with zero attached hydrogens (tertiary/aromatic N) is 4. The van der Waals surface area contributed by atoms with Gasteiger partial charge in [0.2, 0.25) is 5.91 Å². The van der Waals surface area contributed by atoms with Gasteiger partial charge in [0.05, 0.1) is 17.3 Å². The molecule has 1 N–H and O–H groups in total. The van der Waals surface area contributed by atoms with Crippen LogP contribution in [-0.2, 0) is 25.4 Å². The molecule has 8 nitrogen and oxygen atoms in total. The van der Waals surface area contributed by atoms with Crippen molar-refractivity contribution in [2.75, 3.05) is 5.32 Å². The largest absolute Gasteiger partial charge is 0.347 e. The number of para-hydroxylation sites is 1. The molecule has 142 valence electrons. The fourth-order valence-corrected chi connectivity index (χ4v) is 3.31. The van der Waals surface area contributed by atoms with Gasteiger partial charge in [-0.1, -0.05) is 18.2 Å². The zero-order chi connectivity index (χ0) is 19.8.